The number of likely N-dealkylation sites (tertiary alicyclic amines) is 1. The number of aromatic nitrogens is 2. The van der Waals surface area contributed by atoms with Gasteiger partial charge in [0.25, 0.3) is 0 Å². The van der Waals surface area contributed by atoms with Crippen LogP contribution in [0.1, 0.15) is 12.1 Å². The Morgan fingerprint density at radius 2 is 2.19 bits per heavy atom. The number of ether oxygens (including phenoxy) is 1. The zero-order valence-electron chi connectivity index (χ0n) is 14.6. The zero-order chi connectivity index (χ0) is 17.9. The fraction of sp³-hybridized carbons (Fsp3) is 0.300. The third-order valence-corrected chi connectivity index (χ3v) is 5.59. The van der Waals surface area contributed by atoms with Crippen LogP contribution in [0.15, 0.2) is 53.6 Å². The fourth-order valence-corrected chi connectivity index (χ4v) is 4.14. The van der Waals surface area contributed by atoms with Crippen LogP contribution in [-0.2, 0) is 4.79 Å². The van der Waals surface area contributed by atoms with Crippen molar-refractivity contribution in [1.82, 2.24) is 14.9 Å². The van der Waals surface area contributed by atoms with E-state index in [1.165, 1.54) is 5.39 Å². The molecule has 1 fully saturated rings. The van der Waals surface area contributed by atoms with Crippen LogP contribution in [0.25, 0.3) is 10.9 Å². The number of H-pyrrole nitrogens is 1. The van der Waals surface area contributed by atoms with Gasteiger partial charge in [-0.1, -0.05) is 24.3 Å². The molecule has 26 heavy (non-hydrogen) atoms. The molecule has 134 valence electrons. The number of para-hydroxylation sites is 1. The van der Waals surface area contributed by atoms with E-state index in [0.29, 0.717) is 18.2 Å². The molecule has 0 aliphatic carbocycles. The average Bonchev–Trinajstić information content (AvgIpc) is 3.27. The number of thioether (sulfide) groups is 1. The summed E-state index contributed by atoms with van der Waals surface area (Å²) in [6, 6.07) is 13.9. The second-order valence-corrected chi connectivity index (χ2v) is 7.49. The minimum Gasteiger partial charge on any atom is -0.472 e. The number of carbonyl (C=O) groups is 1. The van der Waals surface area contributed by atoms with Crippen molar-refractivity contribution in [2.75, 3.05) is 18.8 Å². The van der Waals surface area contributed by atoms with E-state index < -0.39 is 0 Å². The van der Waals surface area contributed by atoms with Crippen LogP contribution in [0.2, 0.25) is 0 Å². The minimum atomic E-state index is 0.0198. The minimum absolute atomic E-state index is 0.0198. The van der Waals surface area contributed by atoms with Crippen molar-refractivity contribution in [1.29, 1.82) is 0 Å². The van der Waals surface area contributed by atoms with Gasteiger partial charge in [0.15, 0.2) is 0 Å². The van der Waals surface area contributed by atoms with Crippen LogP contribution in [-0.4, -0.2) is 45.7 Å². The molecule has 1 aliphatic rings. The number of nitrogens with one attached hydrogen (secondary N) is 1. The molecular weight excluding hydrogens is 346 g/mol. The highest BCUT2D eigenvalue weighted by Gasteiger charge is 2.27. The van der Waals surface area contributed by atoms with Crippen LogP contribution in [0.3, 0.4) is 0 Å². The van der Waals surface area contributed by atoms with Crippen molar-refractivity contribution in [3.8, 4) is 5.88 Å². The highest BCUT2D eigenvalue weighted by atomic mass is 32.2. The molecule has 3 aromatic rings. The molecule has 1 unspecified atom stereocenters. The summed E-state index contributed by atoms with van der Waals surface area (Å²) in [7, 11) is 0. The van der Waals surface area contributed by atoms with Crippen LogP contribution < -0.4 is 4.74 Å². The Balaban J connectivity index is 1.31. The predicted octanol–water partition coefficient (Wildman–Crippen LogP) is 3.64. The number of carbonyl (C=O) groups excluding carboxylic acids is 1. The van der Waals surface area contributed by atoms with E-state index in [1.54, 1.807) is 11.8 Å². The summed E-state index contributed by atoms with van der Waals surface area (Å²) < 4.78 is 5.93. The molecule has 2 aromatic heterocycles. The van der Waals surface area contributed by atoms with E-state index in [-0.39, 0.29) is 12.0 Å². The zero-order valence-corrected chi connectivity index (χ0v) is 15.5. The average molecular weight is 367 g/mol. The van der Waals surface area contributed by atoms with Gasteiger partial charge < -0.3 is 14.6 Å². The highest BCUT2D eigenvalue weighted by molar-refractivity contribution is 8.00. The standard InChI is InChI=1S/C20H21N3O2S/c1-14-5-4-8-19(22-14)25-15-9-10-23(12-15)20(24)13-26-18-11-21-17-7-3-2-6-16(17)18/h2-8,11,15,21H,9-10,12-13H2,1H3. The summed E-state index contributed by atoms with van der Waals surface area (Å²) in [5.41, 5.74) is 2.03. The molecule has 5 nitrogen and oxygen atoms in total. The van der Waals surface area contributed by atoms with Crippen molar-refractivity contribution in [3.63, 3.8) is 0 Å². The van der Waals surface area contributed by atoms with E-state index in [2.05, 4.69) is 16.0 Å². The highest BCUT2D eigenvalue weighted by Crippen LogP contribution is 2.28. The lowest BCUT2D eigenvalue weighted by Gasteiger charge is -2.17. The van der Waals surface area contributed by atoms with Gasteiger partial charge in [-0.15, -0.1) is 11.8 Å². The Kier molecular flexibility index (Phi) is 4.84. The van der Waals surface area contributed by atoms with Crippen LogP contribution in [0.5, 0.6) is 5.88 Å². The predicted molar refractivity (Wildman–Crippen MR) is 104 cm³/mol. The van der Waals surface area contributed by atoms with Crippen molar-refractivity contribution >= 4 is 28.6 Å². The number of nitrogens with zero attached hydrogens (tertiary/aromatic N) is 2. The van der Waals surface area contributed by atoms with Gasteiger partial charge in [-0.2, -0.15) is 0 Å². The second kappa shape index (κ2) is 7.41. The molecule has 1 saturated heterocycles. The van der Waals surface area contributed by atoms with E-state index in [0.717, 1.165) is 29.1 Å². The van der Waals surface area contributed by atoms with Gasteiger partial charge in [-0.05, 0) is 19.1 Å². The first-order valence-electron chi connectivity index (χ1n) is 8.76. The van der Waals surface area contributed by atoms with Gasteiger partial charge in [0.1, 0.15) is 6.10 Å². The second-order valence-electron chi connectivity index (χ2n) is 6.47. The van der Waals surface area contributed by atoms with Gasteiger partial charge in [0.2, 0.25) is 11.8 Å². The maximum Gasteiger partial charge on any atom is 0.233 e. The van der Waals surface area contributed by atoms with Gasteiger partial charge in [-0.3, -0.25) is 4.79 Å². The SMILES string of the molecule is Cc1cccc(OC2CCN(C(=O)CSc3c[nH]c4ccccc34)C2)n1. The van der Waals surface area contributed by atoms with E-state index in [4.69, 9.17) is 4.74 Å². The summed E-state index contributed by atoms with van der Waals surface area (Å²) in [6.45, 7) is 3.31. The van der Waals surface area contributed by atoms with Crippen molar-refractivity contribution < 1.29 is 9.53 Å². The number of aryl methyl sites for hydroxylation is 1. The first-order valence-corrected chi connectivity index (χ1v) is 9.74. The summed E-state index contributed by atoms with van der Waals surface area (Å²) in [6.07, 6.45) is 2.84. The summed E-state index contributed by atoms with van der Waals surface area (Å²) in [5, 5.41) is 1.17. The summed E-state index contributed by atoms with van der Waals surface area (Å²) >= 11 is 1.58. The number of hydrogen-bond acceptors (Lipinski definition) is 4. The molecule has 1 atom stereocenters. The molecule has 0 saturated carbocycles. The normalized spacial score (nSPS) is 17.0. The molecule has 1 aliphatic heterocycles. The number of aromatic amines is 1. The molecule has 0 bridgehead atoms. The molecule has 3 heterocycles. The first-order chi connectivity index (χ1) is 12.7. The lowest BCUT2D eigenvalue weighted by molar-refractivity contribution is -0.127. The molecule has 0 spiro atoms. The maximum absolute atomic E-state index is 12.6. The third kappa shape index (κ3) is 3.70. The first kappa shape index (κ1) is 17.0. The molecule has 4 rings (SSSR count). The lowest BCUT2D eigenvalue weighted by Crippen LogP contribution is -2.32. The molecule has 6 heteroatoms. The smallest absolute Gasteiger partial charge is 0.233 e. The topological polar surface area (TPSA) is 58.2 Å². The quantitative estimate of drug-likeness (QED) is 0.700. The van der Waals surface area contributed by atoms with Crippen molar-refractivity contribution in [2.24, 2.45) is 0 Å². The summed E-state index contributed by atoms with van der Waals surface area (Å²) in [5.74, 6) is 1.23. The molecular formula is C20H21N3O2S. The lowest BCUT2D eigenvalue weighted by atomic mass is 10.2. The molecule has 0 radical (unpaired) electrons. The van der Waals surface area contributed by atoms with Crippen molar-refractivity contribution in [3.05, 3.63) is 54.4 Å². The van der Waals surface area contributed by atoms with Gasteiger partial charge in [0, 0.05) is 46.7 Å². The number of pyridine rings is 1. The van der Waals surface area contributed by atoms with Crippen LogP contribution >= 0.6 is 11.8 Å². The Bertz CT molecular complexity index is 924. The van der Waals surface area contributed by atoms with Crippen molar-refractivity contribution in [2.45, 2.75) is 24.3 Å². The Labute approximate surface area is 156 Å². The number of fused-ring (bicyclic) bond motifs is 1. The molecule has 1 amide bonds. The van der Waals surface area contributed by atoms with Gasteiger partial charge in [0.05, 0.1) is 12.3 Å². The Hall–Kier alpha value is -2.47. The Morgan fingerprint density at radius 1 is 1.31 bits per heavy atom. The van der Waals surface area contributed by atoms with E-state index >= 15 is 0 Å². The number of benzene rings is 1. The van der Waals surface area contributed by atoms with Crippen LogP contribution in [0.4, 0.5) is 0 Å². The van der Waals surface area contributed by atoms with Gasteiger partial charge in [-0.25, -0.2) is 4.98 Å². The van der Waals surface area contributed by atoms with E-state index in [9.17, 15) is 4.79 Å². The summed E-state index contributed by atoms with van der Waals surface area (Å²) in [4.78, 5) is 23.2. The van der Waals surface area contributed by atoms with Gasteiger partial charge >= 0.3 is 0 Å². The fourth-order valence-electron chi connectivity index (χ4n) is 3.20. The maximum atomic E-state index is 12.6. The third-order valence-electron chi connectivity index (χ3n) is 4.55. The number of amides is 1. The molecule has 1 aromatic carbocycles. The van der Waals surface area contributed by atoms with Crippen LogP contribution in [0, 0.1) is 6.92 Å². The monoisotopic (exact) mass is 367 g/mol. The van der Waals surface area contributed by atoms with E-state index in [1.807, 2.05) is 54.4 Å². The largest absolute Gasteiger partial charge is 0.472 e. The number of rotatable bonds is 5. The number of hydrogen-bond donors (Lipinski definition) is 1. The Morgan fingerprint density at radius 3 is 3.08 bits per heavy atom. The molecule has 1 N–H and O–H groups in total.